The minimum absolute atomic E-state index is 0.0912. The summed E-state index contributed by atoms with van der Waals surface area (Å²) >= 11 is 1.32. The average molecular weight is 310 g/mol. The van der Waals surface area contributed by atoms with E-state index in [9.17, 15) is 4.79 Å². The van der Waals surface area contributed by atoms with Crippen LogP contribution in [0, 0.1) is 5.92 Å². The Balaban J connectivity index is 1.99. The van der Waals surface area contributed by atoms with Gasteiger partial charge in [-0.2, -0.15) is 0 Å². The Hall–Kier alpha value is -1.30. The molecular weight excluding hydrogens is 284 g/mol. The van der Waals surface area contributed by atoms with Gasteiger partial charge < -0.3 is 16.4 Å². The van der Waals surface area contributed by atoms with Crippen LogP contribution >= 0.6 is 11.3 Å². The van der Waals surface area contributed by atoms with Crippen molar-refractivity contribution in [2.45, 2.75) is 65.0 Å². The largest absolute Gasteiger partial charge is 0.382 e. The first-order valence-electron chi connectivity index (χ1n) is 7.60. The van der Waals surface area contributed by atoms with Gasteiger partial charge in [0.15, 0.2) is 5.13 Å². The lowest BCUT2D eigenvalue weighted by atomic mass is 9.87. The lowest BCUT2D eigenvalue weighted by molar-refractivity contribution is 0.0928. The van der Waals surface area contributed by atoms with Crippen molar-refractivity contribution in [2.75, 3.05) is 11.1 Å². The number of amides is 1. The van der Waals surface area contributed by atoms with E-state index in [2.05, 4.69) is 22.5 Å². The number of carbonyl (C=O) groups excluding carboxylic acids is 1. The zero-order valence-corrected chi connectivity index (χ0v) is 14.1. The molecule has 5 nitrogen and oxygen atoms in total. The molecule has 0 unspecified atom stereocenters. The van der Waals surface area contributed by atoms with Crippen LogP contribution in [0.5, 0.6) is 0 Å². The number of hydrogen-bond donors (Lipinski definition) is 3. The van der Waals surface area contributed by atoms with E-state index < -0.39 is 0 Å². The van der Waals surface area contributed by atoms with Gasteiger partial charge in [0.1, 0.15) is 10.7 Å². The first-order valence-corrected chi connectivity index (χ1v) is 8.41. The van der Waals surface area contributed by atoms with Gasteiger partial charge in [-0.05, 0) is 52.4 Å². The highest BCUT2D eigenvalue weighted by Crippen LogP contribution is 2.28. The molecule has 21 heavy (non-hydrogen) atoms. The molecule has 1 heterocycles. The zero-order chi connectivity index (χ0) is 15.6. The SMILES string of the molecule is CC1CCC(NC(=O)c2sc(NC(C)(C)C)nc2N)CC1. The van der Waals surface area contributed by atoms with E-state index in [0.29, 0.717) is 15.8 Å². The Bertz CT molecular complexity index is 498. The molecule has 1 aliphatic rings. The molecule has 1 aliphatic carbocycles. The van der Waals surface area contributed by atoms with Crippen LogP contribution in [0.3, 0.4) is 0 Å². The maximum atomic E-state index is 12.3. The van der Waals surface area contributed by atoms with Crippen LogP contribution in [0.15, 0.2) is 0 Å². The monoisotopic (exact) mass is 310 g/mol. The molecule has 1 saturated carbocycles. The third kappa shape index (κ3) is 4.59. The summed E-state index contributed by atoms with van der Waals surface area (Å²) in [5.74, 6) is 0.995. The Morgan fingerprint density at radius 1 is 1.29 bits per heavy atom. The number of hydrogen-bond acceptors (Lipinski definition) is 5. The molecule has 0 spiro atoms. The normalized spacial score (nSPS) is 22.9. The molecule has 0 saturated heterocycles. The number of rotatable bonds is 3. The molecular formula is C15H26N4OS. The van der Waals surface area contributed by atoms with Crippen molar-refractivity contribution in [3.8, 4) is 0 Å². The second kappa shape index (κ2) is 6.22. The van der Waals surface area contributed by atoms with Crippen molar-refractivity contribution in [1.82, 2.24) is 10.3 Å². The van der Waals surface area contributed by atoms with E-state index in [1.807, 2.05) is 20.8 Å². The number of aromatic nitrogens is 1. The Labute approximate surface area is 130 Å². The third-order valence-electron chi connectivity index (χ3n) is 3.69. The number of carbonyl (C=O) groups is 1. The van der Waals surface area contributed by atoms with Crippen molar-refractivity contribution >= 4 is 28.2 Å². The lowest BCUT2D eigenvalue weighted by Crippen LogP contribution is -2.37. The predicted octanol–water partition coefficient (Wildman–Crippen LogP) is 3.24. The number of anilines is 2. The van der Waals surface area contributed by atoms with E-state index in [4.69, 9.17) is 5.73 Å². The van der Waals surface area contributed by atoms with Crippen molar-refractivity contribution in [3.63, 3.8) is 0 Å². The molecule has 0 bridgehead atoms. The quantitative estimate of drug-likeness (QED) is 0.800. The van der Waals surface area contributed by atoms with Crippen LogP contribution in [0.2, 0.25) is 0 Å². The highest BCUT2D eigenvalue weighted by molar-refractivity contribution is 7.18. The first kappa shape index (κ1) is 16.1. The second-order valence-corrected chi connectivity index (χ2v) is 8.04. The molecule has 1 fully saturated rings. The summed E-state index contributed by atoms with van der Waals surface area (Å²) in [6.07, 6.45) is 4.47. The number of thiazole rings is 1. The van der Waals surface area contributed by atoms with Crippen LogP contribution in [0.25, 0.3) is 0 Å². The van der Waals surface area contributed by atoms with E-state index in [1.54, 1.807) is 0 Å². The molecule has 4 N–H and O–H groups in total. The van der Waals surface area contributed by atoms with Gasteiger partial charge in [-0.15, -0.1) is 0 Å². The van der Waals surface area contributed by atoms with Gasteiger partial charge in [-0.25, -0.2) is 4.98 Å². The summed E-state index contributed by atoms with van der Waals surface area (Å²) in [6.45, 7) is 8.41. The van der Waals surface area contributed by atoms with Crippen molar-refractivity contribution in [1.29, 1.82) is 0 Å². The molecule has 0 aromatic carbocycles. The van der Waals surface area contributed by atoms with Crippen molar-refractivity contribution < 1.29 is 4.79 Å². The molecule has 1 aromatic rings. The van der Waals surface area contributed by atoms with E-state index in [-0.39, 0.29) is 17.5 Å². The van der Waals surface area contributed by atoms with Gasteiger partial charge in [0, 0.05) is 11.6 Å². The van der Waals surface area contributed by atoms with Crippen LogP contribution < -0.4 is 16.4 Å². The van der Waals surface area contributed by atoms with Crippen molar-refractivity contribution in [3.05, 3.63) is 4.88 Å². The minimum Gasteiger partial charge on any atom is -0.382 e. The predicted molar refractivity (Wildman–Crippen MR) is 88.8 cm³/mol. The van der Waals surface area contributed by atoms with Gasteiger partial charge in [-0.3, -0.25) is 4.79 Å². The fourth-order valence-corrected chi connectivity index (χ4v) is 3.52. The second-order valence-electron chi connectivity index (χ2n) is 7.04. The third-order valence-corrected chi connectivity index (χ3v) is 4.68. The zero-order valence-electron chi connectivity index (χ0n) is 13.3. The molecule has 2 rings (SSSR count). The smallest absolute Gasteiger partial charge is 0.265 e. The molecule has 118 valence electrons. The van der Waals surface area contributed by atoms with Gasteiger partial charge in [-0.1, -0.05) is 18.3 Å². The highest BCUT2D eigenvalue weighted by Gasteiger charge is 2.23. The Morgan fingerprint density at radius 3 is 2.48 bits per heavy atom. The molecule has 0 atom stereocenters. The van der Waals surface area contributed by atoms with Gasteiger partial charge in [0.25, 0.3) is 5.91 Å². The van der Waals surface area contributed by atoms with E-state index in [0.717, 1.165) is 18.8 Å². The fraction of sp³-hybridized carbons (Fsp3) is 0.733. The van der Waals surface area contributed by atoms with E-state index in [1.165, 1.54) is 24.2 Å². The summed E-state index contributed by atoms with van der Waals surface area (Å²) < 4.78 is 0. The number of nitrogens with zero attached hydrogens (tertiary/aromatic N) is 1. The van der Waals surface area contributed by atoms with Crippen LogP contribution in [0.4, 0.5) is 10.9 Å². The first-order chi connectivity index (χ1) is 9.74. The number of nitrogens with one attached hydrogen (secondary N) is 2. The lowest BCUT2D eigenvalue weighted by Gasteiger charge is -2.26. The molecule has 0 aliphatic heterocycles. The molecule has 6 heteroatoms. The van der Waals surface area contributed by atoms with Crippen LogP contribution in [0.1, 0.15) is 63.0 Å². The summed E-state index contributed by atoms with van der Waals surface area (Å²) in [6, 6.07) is 0.272. The Morgan fingerprint density at radius 2 is 1.90 bits per heavy atom. The maximum Gasteiger partial charge on any atom is 0.265 e. The number of nitrogens with two attached hydrogens (primary N) is 1. The highest BCUT2D eigenvalue weighted by atomic mass is 32.1. The topological polar surface area (TPSA) is 80.0 Å². The fourth-order valence-electron chi connectivity index (χ4n) is 2.52. The summed E-state index contributed by atoms with van der Waals surface area (Å²) in [5, 5.41) is 7.05. The molecule has 0 radical (unpaired) electrons. The summed E-state index contributed by atoms with van der Waals surface area (Å²) in [7, 11) is 0. The van der Waals surface area contributed by atoms with Gasteiger partial charge in [0.2, 0.25) is 0 Å². The van der Waals surface area contributed by atoms with Gasteiger partial charge in [0.05, 0.1) is 0 Å². The van der Waals surface area contributed by atoms with Crippen LogP contribution in [-0.2, 0) is 0 Å². The molecule has 1 amide bonds. The summed E-state index contributed by atoms with van der Waals surface area (Å²) in [4.78, 5) is 17.1. The van der Waals surface area contributed by atoms with E-state index >= 15 is 0 Å². The average Bonchev–Trinajstić information content (AvgIpc) is 2.70. The van der Waals surface area contributed by atoms with Crippen LogP contribution in [-0.4, -0.2) is 22.5 Å². The maximum absolute atomic E-state index is 12.3. The standard InChI is InChI=1S/C15H26N4OS/c1-9-5-7-10(8-6-9)17-13(20)11-12(16)18-14(21-11)19-15(2,3)4/h9-10H,5-8,16H2,1-4H3,(H,17,20)(H,18,19). The van der Waals surface area contributed by atoms with Crippen molar-refractivity contribution in [2.24, 2.45) is 5.92 Å². The van der Waals surface area contributed by atoms with Gasteiger partial charge >= 0.3 is 0 Å². The summed E-state index contributed by atoms with van der Waals surface area (Å²) in [5.41, 5.74) is 5.79. The number of nitrogen functional groups attached to an aromatic ring is 1. The molecule has 1 aromatic heterocycles. The Kier molecular flexibility index (Phi) is 4.76. The minimum atomic E-state index is -0.0997.